The van der Waals surface area contributed by atoms with E-state index in [0.717, 1.165) is 23.3 Å². The fourth-order valence-electron chi connectivity index (χ4n) is 2.63. The van der Waals surface area contributed by atoms with Crippen LogP contribution in [0.3, 0.4) is 0 Å². The number of alkyl halides is 4. The van der Waals surface area contributed by atoms with Crippen LogP contribution in [0.25, 0.3) is 0 Å². The van der Waals surface area contributed by atoms with Gasteiger partial charge in [0.15, 0.2) is 0 Å². The van der Waals surface area contributed by atoms with Crippen molar-refractivity contribution >= 4 is 11.6 Å². The van der Waals surface area contributed by atoms with E-state index < -0.39 is 12.6 Å². The van der Waals surface area contributed by atoms with Gasteiger partial charge in [-0.15, -0.1) is 11.6 Å². The van der Waals surface area contributed by atoms with E-state index in [1.54, 1.807) is 12.1 Å². The van der Waals surface area contributed by atoms with Crippen molar-refractivity contribution in [3.63, 3.8) is 0 Å². The SMILES string of the molecule is CC(C)(c1ccc(OCCCCl)cc1)c1ccc(OCCC(F)(F)F)cc1. The Labute approximate surface area is 163 Å². The smallest absolute Gasteiger partial charge is 0.392 e. The Morgan fingerprint density at radius 1 is 0.778 bits per heavy atom. The maximum atomic E-state index is 12.2. The fraction of sp³-hybridized carbons (Fsp3) is 0.429. The molecule has 27 heavy (non-hydrogen) atoms. The summed E-state index contributed by atoms with van der Waals surface area (Å²) in [6, 6.07) is 15.1. The first-order valence-corrected chi connectivity index (χ1v) is 9.35. The lowest BCUT2D eigenvalue weighted by atomic mass is 9.78. The lowest BCUT2D eigenvalue weighted by molar-refractivity contribution is -0.139. The van der Waals surface area contributed by atoms with Gasteiger partial charge < -0.3 is 9.47 Å². The van der Waals surface area contributed by atoms with E-state index in [0.29, 0.717) is 18.2 Å². The maximum absolute atomic E-state index is 12.2. The molecule has 2 aromatic carbocycles. The van der Waals surface area contributed by atoms with Gasteiger partial charge in [0.1, 0.15) is 11.5 Å². The molecule has 0 amide bonds. The van der Waals surface area contributed by atoms with E-state index in [9.17, 15) is 13.2 Å². The first-order valence-electron chi connectivity index (χ1n) is 8.82. The molecule has 0 saturated carbocycles. The van der Waals surface area contributed by atoms with Crippen molar-refractivity contribution in [2.75, 3.05) is 19.1 Å². The molecule has 2 nitrogen and oxygen atoms in total. The Kier molecular flexibility index (Phi) is 7.42. The first-order chi connectivity index (χ1) is 12.7. The molecule has 0 aromatic heterocycles. The molecule has 0 aliphatic rings. The van der Waals surface area contributed by atoms with Crippen LogP contribution in [0.1, 0.15) is 37.8 Å². The summed E-state index contributed by atoms with van der Waals surface area (Å²) in [6.07, 6.45) is -4.37. The summed E-state index contributed by atoms with van der Waals surface area (Å²) in [5.41, 5.74) is 1.89. The molecule has 0 spiro atoms. The van der Waals surface area contributed by atoms with Crippen molar-refractivity contribution in [2.24, 2.45) is 0 Å². The van der Waals surface area contributed by atoms with Gasteiger partial charge in [0.05, 0.1) is 19.6 Å². The second kappa shape index (κ2) is 9.36. The molecule has 0 unspecified atom stereocenters. The second-order valence-corrected chi connectivity index (χ2v) is 7.16. The number of hydrogen-bond donors (Lipinski definition) is 0. The highest BCUT2D eigenvalue weighted by Gasteiger charge is 2.27. The quantitative estimate of drug-likeness (QED) is 0.360. The Hall–Kier alpha value is -1.88. The van der Waals surface area contributed by atoms with E-state index in [1.165, 1.54) is 0 Å². The maximum Gasteiger partial charge on any atom is 0.392 e. The largest absolute Gasteiger partial charge is 0.494 e. The Bertz CT molecular complexity index is 695. The van der Waals surface area contributed by atoms with Crippen LogP contribution in [0.5, 0.6) is 11.5 Å². The van der Waals surface area contributed by atoms with Crippen LogP contribution in [0.4, 0.5) is 13.2 Å². The van der Waals surface area contributed by atoms with Crippen molar-refractivity contribution in [2.45, 2.75) is 38.3 Å². The van der Waals surface area contributed by atoms with Gasteiger partial charge in [-0.05, 0) is 41.8 Å². The van der Waals surface area contributed by atoms with Crippen LogP contribution in [0.15, 0.2) is 48.5 Å². The lowest BCUT2D eigenvalue weighted by Gasteiger charge is -2.26. The van der Waals surface area contributed by atoms with Crippen LogP contribution >= 0.6 is 11.6 Å². The van der Waals surface area contributed by atoms with Gasteiger partial charge in [-0.2, -0.15) is 13.2 Å². The number of rotatable bonds is 9. The van der Waals surface area contributed by atoms with E-state index in [2.05, 4.69) is 13.8 Å². The second-order valence-electron chi connectivity index (χ2n) is 6.78. The lowest BCUT2D eigenvalue weighted by Crippen LogP contribution is -2.18. The fourth-order valence-corrected chi connectivity index (χ4v) is 2.74. The van der Waals surface area contributed by atoms with Crippen molar-refractivity contribution in [1.29, 1.82) is 0 Å². The van der Waals surface area contributed by atoms with Crippen LogP contribution < -0.4 is 9.47 Å². The van der Waals surface area contributed by atoms with Gasteiger partial charge in [-0.25, -0.2) is 0 Å². The predicted octanol–water partition coefficient (Wildman–Crippen LogP) is 6.35. The summed E-state index contributed by atoms with van der Waals surface area (Å²) in [4.78, 5) is 0. The van der Waals surface area contributed by atoms with Crippen molar-refractivity contribution in [3.8, 4) is 11.5 Å². The molecule has 0 radical (unpaired) electrons. The summed E-state index contributed by atoms with van der Waals surface area (Å²) in [6.45, 7) is 4.39. The van der Waals surface area contributed by atoms with Gasteiger partial charge >= 0.3 is 6.18 Å². The Morgan fingerprint density at radius 3 is 1.63 bits per heavy atom. The third kappa shape index (κ3) is 6.65. The monoisotopic (exact) mass is 400 g/mol. The minimum absolute atomic E-state index is 0.265. The van der Waals surface area contributed by atoms with Crippen molar-refractivity contribution < 1.29 is 22.6 Å². The molecule has 2 rings (SSSR count). The predicted molar refractivity (Wildman–Crippen MR) is 102 cm³/mol. The molecular weight excluding hydrogens is 377 g/mol. The molecule has 6 heteroatoms. The first kappa shape index (κ1) is 21.4. The molecule has 0 N–H and O–H groups in total. The van der Waals surface area contributed by atoms with Gasteiger partial charge in [-0.1, -0.05) is 38.1 Å². The van der Waals surface area contributed by atoms with Crippen LogP contribution in [0, 0.1) is 0 Å². The van der Waals surface area contributed by atoms with Gasteiger partial charge in [0.25, 0.3) is 0 Å². The molecule has 0 bridgehead atoms. The third-order valence-corrected chi connectivity index (χ3v) is 4.62. The molecule has 148 valence electrons. The highest BCUT2D eigenvalue weighted by Crippen LogP contribution is 2.33. The summed E-state index contributed by atoms with van der Waals surface area (Å²) in [5, 5.41) is 0. The molecule has 0 aliphatic carbocycles. The zero-order valence-electron chi connectivity index (χ0n) is 15.5. The molecular formula is C21H24ClF3O2. The number of ether oxygens (including phenoxy) is 2. The van der Waals surface area contributed by atoms with E-state index in [1.807, 2.05) is 36.4 Å². The summed E-state index contributed by atoms with van der Waals surface area (Å²) in [7, 11) is 0. The zero-order valence-corrected chi connectivity index (χ0v) is 16.2. The van der Waals surface area contributed by atoms with Crippen molar-refractivity contribution in [3.05, 3.63) is 59.7 Å². The highest BCUT2D eigenvalue weighted by atomic mass is 35.5. The van der Waals surface area contributed by atoms with E-state index in [-0.39, 0.29) is 12.0 Å². The average molecular weight is 401 g/mol. The van der Waals surface area contributed by atoms with Crippen LogP contribution in [0.2, 0.25) is 0 Å². The molecule has 0 saturated heterocycles. The highest BCUT2D eigenvalue weighted by molar-refractivity contribution is 6.17. The van der Waals surface area contributed by atoms with Gasteiger partial charge in [0, 0.05) is 11.3 Å². The minimum atomic E-state index is -4.21. The summed E-state index contributed by atoms with van der Waals surface area (Å²) >= 11 is 5.64. The molecule has 0 atom stereocenters. The zero-order chi connectivity index (χ0) is 19.9. The number of halogens is 4. The van der Waals surface area contributed by atoms with Crippen LogP contribution in [-0.2, 0) is 5.41 Å². The Morgan fingerprint density at radius 2 is 1.22 bits per heavy atom. The molecule has 0 heterocycles. The Balaban J connectivity index is 2.01. The van der Waals surface area contributed by atoms with Gasteiger partial charge in [0.2, 0.25) is 0 Å². The molecule has 0 fully saturated rings. The summed E-state index contributed by atoms with van der Waals surface area (Å²) in [5.74, 6) is 1.80. The molecule has 0 aliphatic heterocycles. The summed E-state index contributed by atoms with van der Waals surface area (Å²) < 4.78 is 47.3. The minimum Gasteiger partial charge on any atom is -0.494 e. The molecule has 2 aromatic rings. The normalized spacial score (nSPS) is 12.1. The van der Waals surface area contributed by atoms with E-state index >= 15 is 0 Å². The third-order valence-electron chi connectivity index (χ3n) is 4.35. The topological polar surface area (TPSA) is 18.5 Å². The van der Waals surface area contributed by atoms with Crippen LogP contribution in [-0.4, -0.2) is 25.3 Å². The standard InChI is InChI=1S/C21H24ClF3O2/c1-20(2,16-4-8-18(9-5-16)26-14-3-13-22)17-6-10-19(11-7-17)27-15-12-21(23,24)25/h4-11H,3,12-15H2,1-2H3. The number of hydrogen-bond acceptors (Lipinski definition) is 2. The number of benzene rings is 2. The van der Waals surface area contributed by atoms with Gasteiger partial charge in [-0.3, -0.25) is 0 Å². The van der Waals surface area contributed by atoms with Crippen molar-refractivity contribution in [1.82, 2.24) is 0 Å². The average Bonchev–Trinajstić information content (AvgIpc) is 2.62. The van der Waals surface area contributed by atoms with E-state index in [4.69, 9.17) is 21.1 Å².